The van der Waals surface area contributed by atoms with E-state index in [1.807, 2.05) is 0 Å². The normalized spacial score (nSPS) is 10.4. The Balaban J connectivity index is 2.33. The van der Waals surface area contributed by atoms with E-state index in [1.54, 1.807) is 6.07 Å². The van der Waals surface area contributed by atoms with Crippen LogP contribution in [0, 0.1) is 11.6 Å². The number of rotatable bonds is 3. The van der Waals surface area contributed by atoms with Gasteiger partial charge < -0.3 is 10.5 Å². The summed E-state index contributed by atoms with van der Waals surface area (Å²) in [5, 5.41) is 0. The van der Waals surface area contributed by atoms with E-state index in [0.29, 0.717) is 15.8 Å². The number of hydrogen-bond donors (Lipinski definition) is 1. The average Bonchev–Trinajstić information content (AvgIpc) is 2.34. The van der Waals surface area contributed by atoms with Crippen LogP contribution in [0.15, 0.2) is 40.9 Å². The molecule has 94 valence electrons. The van der Waals surface area contributed by atoms with Crippen LogP contribution in [0.25, 0.3) is 0 Å². The lowest BCUT2D eigenvalue weighted by atomic mass is 10.2. The average molecular weight is 314 g/mol. The molecule has 0 spiro atoms. The van der Waals surface area contributed by atoms with Crippen LogP contribution in [0.4, 0.5) is 8.78 Å². The molecule has 0 bridgehead atoms. The number of ether oxygens (including phenoxy) is 1. The molecular formula is C13H10BrF2NO. The van der Waals surface area contributed by atoms with Gasteiger partial charge in [0.2, 0.25) is 0 Å². The molecule has 0 saturated heterocycles. The van der Waals surface area contributed by atoms with Crippen molar-refractivity contribution in [2.24, 2.45) is 5.73 Å². The highest BCUT2D eigenvalue weighted by Crippen LogP contribution is 2.29. The van der Waals surface area contributed by atoms with Crippen molar-refractivity contribution in [2.75, 3.05) is 0 Å². The molecule has 2 aromatic carbocycles. The second-order valence-electron chi connectivity index (χ2n) is 3.63. The molecule has 2 rings (SSSR count). The van der Waals surface area contributed by atoms with Crippen LogP contribution >= 0.6 is 15.9 Å². The van der Waals surface area contributed by atoms with Gasteiger partial charge >= 0.3 is 0 Å². The molecule has 0 radical (unpaired) electrons. The van der Waals surface area contributed by atoms with E-state index in [1.165, 1.54) is 30.3 Å². The zero-order valence-electron chi connectivity index (χ0n) is 9.29. The number of hydrogen-bond acceptors (Lipinski definition) is 2. The predicted octanol–water partition coefficient (Wildman–Crippen LogP) is 3.98. The molecule has 2 aromatic rings. The Hall–Kier alpha value is -1.46. The lowest BCUT2D eigenvalue weighted by Crippen LogP contribution is -2.00. The van der Waals surface area contributed by atoms with Crippen molar-refractivity contribution in [1.82, 2.24) is 0 Å². The highest BCUT2D eigenvalue weighted by molar-refractivity contribution is 9.10. The lowest BCUT2D eigenvalue weighted by molar-refractivity contribution is 0.436. The maximum Gasteiger partial charge on any atom is 0.166 e. The molecule has 0 saturated carbocycles. The summed E-state index contributed by atoms with van der Waals surface area (Å²) < 4.78 is 32.6. The van der Waals surface area contributed by atoms with Crippen LogP contribution in [0.2, 0.25) is 0 Å². The summed E-state index contributed by atoms with van der Waals surface area (Å²) in [4.78, 5) is 0. The van der Waals surface area contributed by atoms with Crippen molar-refractivity contribution >= 4 is 15.9 Å². The molecule has 0 heterocycles. The fraction of sp³-hybridized carbons (Fsp3) is 0.0769. The standard InChI is InChI=1S/C13H10BrF2NO/c14-9-1-3-13(11(16)6-9)18-12-4-2-10(15)5-8(12)7-17/h1-6H,7,17H2. The van der Waals surface area contributed by atoms with Crippen molar-refractivity contribution in [3.05, 3.63) is 58.1 Å². The first-order valence-corrected chi connectivity index (χ1v) is 6.01. The Morgan fingerprint density at radius 3 is 2.44 bits per heavy atom. The molecule has 0 fully saturated rings. The molecule has 0 aromatic heterocycles. The summed E-state index contributed by atoms with van der Waals surface area (Å²) >= 11 is 3.15. The van der Waals surface area contributed by atoms with Gasteiger partial charge in [0.1, 0.15) is 11.6 Å². The number of nitrogens with two attached hydrogens (primary N) is 1. The van der Waals surface area contributed by atoms with Crippen molar-refractivity contribution < 1.29 is 13.5 Å². The minimum absolute atomic E-state index is 0.0690. The van der Waals surface area contributed by atoms with Gasteiger partial charge in [-0.25, -0.2) is 8.78 Å². The summed E-state index contributed by atoms with van der Waals surface area (Å²) in [6, 6.07) is 8.38. The fourth-order valence-electron chi connectivity index (χ4n) is 1.48. The molecular weight excluding hydrogens is 304 g/mol. The molecule has 0 aliphatic carbocycles. The molecule has 2 nitrogen and oxygen atoms in total. The molecule has 0 aliphatic heterocycles. The first kappa shape index (κ1) is 13.0. The summed E-state index contributed by atoms with van der Waals surface area (Å²) in [5.41, 5.74) is 5.97. The van der Waals surface area contributed by atoms with Gasteiger partial charge in [0.25, 0.3) is 0 Å². The van der Waals surface area contributed by atoms with E-state index < -0.39 is 11.6 Å². The maximum atomic E-state index is 13.6. The summed E-state index contributed by atoms with van der Waals surface area (Å²) in [6.45, 7) is 0.116. The van der Waals surface area contributed by atoms with Crippen molar-refractivity contribution in [3.8, 4) is 11.5 Å². The second-order valence-corrected chi connectivity index (χ2v) is 4.55. The zero-order chi connectivity index (χ0) is 13.1. The Morgan fingerprint density at radius 2 is 1.78 bits per heavy atom. The van der Waals surface area contributed by atoms with Gasteiger partial charge in [0, 0.05) is 16.6 Å². The van der Waals surface area contributed by atoms with Gasteiger partial charge in [-0.05, 0) is 36.4 Å². The number of benzene rings is 2. The largest absolute Gasteiger partial charge is 0.454 e. The Morgan fingerprint density at radius 1 is 1.06 bits per heavy atom. The zero-order valence-corrected chi connectivity index (χ0v) is 10.9. The van der Waals surface area contributed by atoms with Gasteiger partial charge in [-0.2, -0.15) is 0 Å². The van der Waals surface area contributed by atoms with Gasteiger partial charge in [-0.1, -0.05) is 15.9 Å². The van der Waals surface area contributed by atoms with E-state index in [9.17, 15) is 8.78 Å². The van der Waals surface area contributed by atoms with Crippen LogP contribution in [-0.4, -0.2) is 0 Å². The molecule has 2 N–H and O–H groups in total. The number of halogens is 3. The molecule has 18 heavy (non-hydrogen) atoms. The monoisotopic (exact) mass is 313 g/mol. The highest BCUT2D eigenvalue weighted by Gasteiger charge is 2.09. The smallest absolute Gasteiger partial charge is 0.166 e. The summed E-state index contributed by atoms with van der Waals surface area (Å²) in [5.74, 6) is -0.490. The Bertz CT molecular complexity index is 575. The fourth-order valence-corrected chi connectivity index (χ4v) is 1.82. The van der Waals surface area contributed by atoms with Gasteiger partial charge in [0.05, 0.1) is 0 Å². The van der Waals surface area contributed by atoms with Crippen LogP contribution in [0.5, 0.6) is 11.5 Å². The van der Waals surface area contributed by atoms with Crippen LogP contribution in [0.1, 0.15) is 5.56 Å². The molecule has 0 aliphatic rings. The topological polar surface area (TPSA) is 35.2 Å². The quantitative estimate of drug-likeness (QED) is 0.930. The third-order valence-corrected chi connectivity index (χ3v) is 2.85. The lowest BCUT2D eigenvalue weighted by Gasteiger charge is -2.10. The van der Waals surface area contributed by atoms with E-state index in [-0.39, 0.29) is 12.3 Å². The van der Waals surface area contributed by atoms with E-state index in [4.69, 9.17) is 10.5 Å². The van der Waals surface area contributed by atoms with Crippen LogP contribution < -0.4 is 10.5 Å². The van der Waals surface area contributed by atoms with Crippen LogP contribution in [0.3, 0.4) is 0 Å². The van der Waals surface area contributed by atoms with Crippen molar-refractivity contribution in [1.29, 1.82) is 0 Å². The van der Waals surface area contributed by atoms with Gasteiger partial charge in [0.15, 0.2) is 11.6 Å². The maximum absolute atomic E-state index is 13.6. The molecule has 0 atom stereocenters. The highest BCUT2D eigenvalue weighted by atomic mass is 79.9. The van der Waals surface area contributed by atoms with Crippen molar-refractivity contribution in [2.45, 2.75) is 6.54 Å². The molecule has 5 heteroatoms. The van der Waals surface area contributed by atoms with E-state index >= 15 is 0 Å². The van der Waals surface area contributed by atoms with E-state index in [2.05, 4.69) is 15.9 Å². The summed E-state index contributed by atoms with van der Waals surface area (Å²) in [6.07, 6.45) is 0. The SMILES string of the molecule is NCc1cc(F)ccc1Oc1ccc(Br)cc1F. The van der Waals surface area contributed by atoms with Gasteiger partial charge in [-0.15, -0.1) is 0 Å². The van der Waals surface area contributed by atoms with Crippen LogP contribution in [-0.2, 0) is 6.54 Å². The minimum atomic E-state index is -0.503. The molecule has 0 amide bonds. The van der Waals surface area contributed by atoms with E-state index in [0.717, 1.165) is 0 Å². The predicted molar refractivity (Wildman–Crippen MR) is 68.5 cm³/mol. The Labute approximate surface area is 112 Å². The molecule has 0 unspecified atom stereocenters. The third kappa shape index (κ3) is 2.86. The first-order chi connectivity index (χ1) is 8.60. The third-order valence-electron chi connectivity index (χ3n) is 2.36. The summed E-state index contributed by atoms with van der Waals surface area (Å²) in [7, 11) is 0. The van der Waals surface area contributed by atoms with Gasteiger partial charge in [-0.3, -0.25) is 0 Å². The second kappa shape index (κ2) is 5.46. The first-order valence-electron chi connectivity index (χ1n) is 5.21. The Kier molecular flexibility index (Phi) is 3.93. The minimum Gasteiger partial charge on any atom is -0.454 e. The van der Waals surface area contributed by atoms with Crippen molar-refractivity contribution in [3.63, 3.8) is 0 Å².